The van der Waals surface area contributed by atoms with Gasteiger partial charge in [0.05, 0.1) is 5.56 Å². The molecular formula is C14H19F3NO2+. The normalized spacial score (nSPS) is 19.2. The minimum atomic E-state index is -4.33. The number of nitrogens with two attached hydrogens (primary N) is 1. The van der Waals surface area contributed by atoms with E-state index in [9.17, 15) is 13.2 Å². The molecule has 0 aromatic heterocycles. The van der Waals surface area contributed by atoms with Crippen LogP contribution in [0.2, 0.25) is 0 Å². The lowest BCUT2D eigenvalue weighted by Gasteiger charge is -2.11. The van der Waals surface area contributed by atoms with E-state index < -0.39 is 11.7 Å². The average Bonchev–Trinajstić information content (AvgIpc) is 2.91. The second-order valence-electron chi connectivity index (χ2n) is 4.82. The first-order chi connectivity index (χ1) is 9.55. The molecule has 2 N–H and O–H groups in total. The Kier molecular flexibility index (Phi) is 5.25. The van der Waals surface area contributed by atoms with Crippen LogP contribution in [0.15, 0.2) is 24.3 Å². The Balaban J connectivity index is 1.68. The van der Waals surface area contributed by atoms with Gasteiger partial charge in [-0.15, -0.1) is 0 Å². The summed E-state index contributed by atoms with van der Waals surface area (Å²) >= 11 is 0. The highest BCUT2D eigenvalue weighted by molar-refractivity contribution is 5.30. The Morgan fingerprint density at radius 3 is 2.90 bits per heavy atom. The van der Waals surface area contributed by atoms with Gasteiger partial charge in [0.1, 0.15) is 31.5 Å². The Hall–Kier alpha value is -1.27. The number of benzene rings is 1. The molecule has 1 fully saturated rings. The molecule has 3 nitrogen and oxygen atoms in total. The molecule has 1 aliphatic rings. The van der Waals surface area contributed by atoms with Crippen molar-refractivity contribution < 1.29 is 28.0 Å². The molecule has 0 bridgehead atoms. The van der Waals surface area contributed by atoms with Crippen LogP contribution in [0.25, 0.3) is 0 Å². The zero-order valence-electron chi connectivity index (χ0n) is 11.2. The van der Waals surface area contributed by atoms with Crippen LogP contribution >= 0.6 is 0 Å². The predicted octanol–water partition coefficient (Wildman–Crippen LogP) is 1.83. The van der Waals surface area contributed by atoms with Gasteiger partial charge in [-0.25, -0.2) is 0 Å². The maximum atomic E-state index is 12.5. The third-order valence-corrected chi connectivity index (χ3v) is 3.21. The predicted molar refractivity (Wildman–Crippen MR) is 67.6 cm³/mol. The number of ether oxygens (including phenoxy) is 2. The fourth-order valence-electron chi connectivity index (χ4n) is 2.16. The van der Waals surface area contributed by atoms with Crippen molar-refractivity contribution in [3.63, 3.8) is 0 Å². The van der Waals surface area contributed by atoms with E-state index in [4.69, 9.17) is 9.47 Å². The zero-order chi connectivity index (χ0) is 14.4. The topological polar surface area (TPSA) is 35.1 Å². The molecule has 20 heavy (non-hydrogen) atoms. The van der Waals surface area contributed by atoms with E-state index in [1.54, 1.807) is 0 Å². The molecule has 0 amide bonds. The summed E-state index contributed by atoms with van der Waals surface area (Å²) in [5.41, 5.74) is -0.682. The summed E-state index contributed by atoms with van der Waals surface area (Å²) in [4.78, 5) is 0. The van der Waals surface area contributed by atoms with E-state index in [0.29, 0.717) is 19.3 Å². The Morgan fingerprint density at radius 2 is 2.20 bits per heavy atom. The lowest BCUT2D eigenvalue weighted by molar-refractivity contribution is -0.661. The van der Waals surface area contributed by atoms with Gasteiger partial charge in [0, 0.05) is 6.61 Å². The molecule has 0 saturated carbocycles. The molecule has 1 aliphatic heterocycles. The summed E-state index contributed by atoms with van der Waals surface area (Å²) in [5.74, 6) is 0.255. The van der Waals surface area contributed by atoms with Gasteiger partial charge in [-0.1, -0.05) is 6.07 Å². The lowest BCUT2D eigenvalue weighted by Crippen LogP contribution is -2.87. The molecule has 0 aliphatic carbocycles. The minimum Gasteiger partial charge on any atom is -0.488 e. The first kappa shape index (κ1) is 15.1. The quantitative estimate of drug-likeness (QED) is 0.811. The van der Waals surface area contributed by atoms with Crippen molar-refractivity contribution in [3.8, 4) is 5.75 Å². The summed E-state index contributed by atoms with van der Waals surface area (Å²) in [7, 11) is 0. The third-order valence-electron chi connectivity index (χ3n) is 3.21. The SMILES string of the molecule is FC(F)(F)c1cccc(OCC[NH2+]C[C@H]2CCCO2)c1. The van der Waals surface area contributed by atoms with E-state index in [2.05, 4.69) is 5.32 Å². The highest BCUT2D eigenvalue weighted by Crippen LogP contribution is 2.31. The molecule has 1 aromatic rings. The van der Waals surface area contributed by atoms with Crippen LogP contribution in [0.3, 0.4) is 0 Å². The molecule has 1 atom stereocenters. The molecule has 0 radical (unpaired) electrons. The van der Waals surface area contributed by atoms with E-state index in [1.807, 2.05) is 0 Å². The summed E-state index contributed by atoms with van der Waals surface area (Å²) < 4.78 is 48.3. The first-order valence-electron chi connectivity index (χ1n) is 6.79. The summed E-state index contributed by atoms with van der Waals surface area (Å²) in [5, 5.41) is 2.07. The van der Waals surface area contributed by atoms with Gasteiger partial charge in [-0.3, -0.25) is 0 Å². The monoisotopic (exact) mass is 290 g/mol. The van der Waals surface area contributed by atoms with Crippen molar-refractivity contribution in [2.75, 3.05) is 26.3 Å². The minimum absolute atomic E-state index is 0.255. The fraction of sp³-hybridized carbons (Fsp3) is 0.571. The van der Waals surface area contributed by atoms with Gasteiger partial charge in [-0.05, 0) is 31.0 Å². The molecule has 1 saturated heterocycles. The molecule has 0 spiro atoms. The van der Waals surface area contributed by atoms with Crippen molar-refractivity contribution in [3.05, 3.63) is 29.8 Å². The smallest absolute Gasteiger partial charge is 0.416 e. The van der Waals surface area contributed by atoms with Crippen molar-refractivity contribution in [1.29, 1.82) is 0 Å². The zero-order valence-corrected chi connectivity index (χ0v) is 11.2. The molecule has 2 rings (SSSR count). The van der Waals surface area contributed by atoms with Crippen LogP contribution in [0.4, 0.5) is 13.2 Å². The number of hydrogen-bond donors (Lipinski definition) is 1. The highest BCUT2D eigenvalue weighted by Gasteiger charge is 2.30. The van der Waals surface area contributed by atoms with Crippen LogP contribution in [-0.4, -0.2) is 32.4 Å². The van der Waals surface area contributed by atoms with Crippen molar-refractivity contribution in [2.24, 2.45) is 0 Å². The third kappa shape index (κ3) is 4.68. The van der Waals surface area contributed by atoms with Crippen LogP contribution < -0.4 is 10.1 Å². The van der Waals surface area contributed by atoms with Gasteiger partial charge in [0.2, 0.25) is 0 Å². The van der Waals surface area contributed by atoms with E-state index >= 15 is 0 Å². The van der Waals surface area contributed by atoms with Crippen molar-refractivity contribution in [1.82, 2.24) is 0 Å². The number of quaternary nitrogens is 1. The van der Waals surface area contributed by atoms with E-state index in [0.717, 1.165) is 38.1 Å². The summed E-state index contributed by atoms with van der Waals surface area (Å²) in [6, 6.07) is 4.96. The number of rotatable bonds is 6. The lowest BCUT2D eigenvalue weighted by atomic mass is 10.2. The largest absolute Gasteiger partial charge is 0.488 e. The van der Waals surface area contributed by atoms with Crippen molar-refractivity contribution >= 4 is 0 Å². The van der Waals surface area contributed by atoms with Crippen LogP contribution in [-0.2, 0) is 10.9 Å². The van der Waals surface area contributed by atoms with Gasteiger partial charge >= 0.3 is 6.18 Å². The van der Waals surface area contributed by atoms with Gasteiger partial charge in [0.25, 0.3) is 0 Å². The molecular weight excluding hydrogens is 271 g/mol. The Bertz CT molecular complexity index is 417. The number of hydrogen-bond acceptors (Lipinski definition) is 2. The molecule has 6 heteroatoms. The Morgan fingerprint density at radius 1 is 1.35 bits per heavy atom. The molecule has 0 unspecified atom stereocenters. The summed E-state index contributed by atoms with van der Waals surface area (Å²) in [6.07, 6.45) is -1.82. The standard InChI is InChI=1S/C14H18F3NO2/c15-14(16,17)11-3-1-4-12(9-11)20-8-6-18-10-13-5-2-7-19-13/h1,3-4,9,13,18H,2,5-8,10H2/p+1/t13-/m1/s1. The second kappa shape index (κ2) is 6.95. The second-order valence-corrected chi connectivity index (χ2v) is 4.82. The van der Waals surface area contributed by atoms with Gasteiger partial charge in [-0.2, -0.15) is 13.2 Å². The fourth-order valence-corrected chi connectivity index (χ4v) is 2.16. The van der Waals surface area contributed by atoms with Gasteiger partial charge < -0.3 is 14.8 Å². The maximum absolute atomic E-state index is 12.5. The maximum Gasteiger partial charge on any atom is 0.416 e. The number of halogens is 3. The summed E-state index contributed by atoms with van der Waals surface area (Å²) in [6.45, 7) is 2.80. The molecule has 112 valence electrons. The van der Waals surface area contributed by atoms with E-state index in [1.165, 1.54) is 12.1 Å². The molecule has 1 aromatic carbocycles. The van der Waals surface area contributed by atoms with Crippen LogP contribution in [0.1, 0.15) is 18.4 Å². The van der Waals surface area contributed by atoms with Gasteiger partial charge in [0.15, 0.2) is 0 Å². The van der Waals surface area contributed by atoms with Crippen LogP contribution in [0, 0.1) is 0 Å². The van der Waals surface area contributed by atoms with E-state index in [-0.39, 0.29) is 5.75 Å². The van der Waals surface area contributed by atoms with Crippen LogP contribution in [0.5, 0.6) is 5.75 Å². The Labute approximate surface area is 116 Å². The molecule has 1 heterocycles. The first-order valence-corrected chi connectivity index (χ1v) is 6.79. The number of alkyl halides is 3. The average molecular weight is 290 g/mol. The van der Waals surface area contributed by atoms with Crippen molar-refractivity contribution in [2.45, 2.75) is 25.1 Å². The highest BCUT2D eigenvalue weighted by atomic mass is 19.4.